The summed E-state index contributed by atoms with van der Waals surface area (Å²) in [5.41, 5.74) is 25.7. The SMILES string of the molecule is CCC1[C-]=CC(C(C)(C)C)=C1.Cc1cc(C)c(-c2[c-]c3c(cc2)-c2ccc(-c4c(C)cc(C)cc4C)cc2C3)c(C)c1.Cc1ccc([C](=[Zr+2])c2ccc(C)cc2)cc1. The van der Waals surface area contributed by atoms with Crippen molar-refractivity contribution in [2.75, 3.05) is 0 Å². The van der Waals surface area contributed by atoms with E-state index < -0.39 is 0 Å². The fourth-order valence-corrected chi connectivity index (χ4v) is 9.30. The molecule has 0 amide bonds. The topological polar surface area (TPSA) is 0 Å². The fraction of sp³-hybridized carbons (Fsp3) is 0.281. The summed E-state index contributed by atoms with van der Waals surface area (Å²) >= 11 is 1.46. The van der Waals surface area contributed by atoms with Gasteiger partial charge >= 0.3 is 112 Å². The number of hydrogen-bond acceptors (Lipinski definition) is 0. The molecule has 0 saturated heterocycles. The minimum absolute atomic E-state index is 0.302. The Bertz CT molecular complexity index is 2310. The second-order valence-electron chi connectivity index (χ2n) is 17.7. The molecule has 6 aromatic carbocycles. The third kappa shape index (κ3) is 10.0. The molecule has 1 heteroatoms. The van der Waals surface area contributed by atoms with Crippen LogP contribution in [0.5, 0.6) is 0 Å². The summed E-state index contributed by atoms with van der Waals surface area (Å²) in [5.74, 6) is 0.573. The summed E-state index contributed by atoms with van der Waals surface area (Å²) in [6.07, 6.45) is 9.96. The van der Waals surface area contributed by atoms with Crippen LogP contribution < -0.4 is 0 Å². The van der Waals surface area contributed by atoms with Crippen molar-refractivity contribution in [1.29, 1.82) is 0 Å². The van der Waals surface area contributed by atoms with Crippen LogP contribution in [-0.4, -0.2) is 3.21 Å². The quantitative estimate of drug-likeness (QED) is 0.152. The number of fused-ring (bicyclic) bond motifs is 3. The predicted molar refractivity (Wildman–Crippen MR) is 248 cm³/mol. The average molecular weight is 836 g/mol. The first-order valence-electron chi connectivity index (χ1n) is 20.9. The predicted octanol–water partition coefficient (Wildman–Crippen LogP) is 15.0. The monoisotopic (exact) mass is 834 g/mol. The van der Waals surface area contributed by atoms with Crippen molar-refractivity contribution >= 4 is 3.21 Å². The van der Waals surface area contributed by atoms with Crippen LogP contribution in [0, 0.1) is 78.9 Å². The summed E-state index contributed by atoms with van der Waals surface area (Å²) in [7, 11) is 0. The van der Waals surface area contributed by atoms with Crippen LogP contribution in [-0.2, 0) is 30.7 Å². The summed E-state index contributed by atoms with van der Waals surface area (Å²) in [6.45, 7) is 26.4. The number of benzene rings is 6. The molecule has 0 radical (unpaired) electrons. The molecule has 58 heavy (non-hydrogen) atoms. The number of allylic oxidation sites excluding steroid dienone is 4. The van der Waals surface area contributed by atoms with Gasteiger partial charge in [-0.05, 0) is 75.8 Å². The molecule has 0 N–H and O–H groups in total. The van der Waals surface area contributed by atoms with Gasteiger partial charge in [0.15, 0.2) is 0 Å². The Kier molecular flexibility index (Phi) is 13.6. The first-order chi connectivity index (χ1) is 27.5. The van der Waals surface area contributed by atoms with Gasteiger partial charge in [-0.1, -0.05) is 127 Å². The second-order valence-corrected chi connectivity index (χ2v) is 18.9. The fourth-order valence-electron chi connectivity index (χ4n) is 8.48. The Morgan fingerprint density at radius 3 is 1.57 bits per heavy atom. The maximum absolute atomic E-state index is 3.78. The zero-order valence-corrected chi connectivity index (χ0v) is 39.4. The summed E-state index contributed by atoms with van der Waals surface area (Å²) in [5, 5.41) is 0. The molecule has 0 fully saturated rings. The van der Waals surface area contributed by atoms with Gasteiger partial charge in [-0.2, -0.15) is 11.6 Å². The zero-order chi connectivity index (χ0) is 41.9. The van der Waals surface area contributed by atoms with Crippen molar-refractivity contribution in [2.24, 2.45) is 11.3 Å². The molecule has 0 bridgehead atoms. The molecule has 1 atom stereocenters. The van der Waals surface area contributed by atoms with E-state index in [1.54, 1.807) is 0 Å². The van der Waals surface area contributed by atoms with Crippen molar-refractivity contribution in [3.63, 3.8) is 0 Å². The van der Waals surface area contributed by atoms with E-state index in [0.717, 1.165) is 6.42 Å². The van der Waals surface area contributed by atoms with E-state index in [2.05, 4.69) is 211 Å². The van der Waals surface area contributed by atoms with E-state index in [4.69, 9.17) is 0 Å². The Balaban J connectivity index is 0.000000174. The normalized spacial score (nSPS) is 13.8. The zero-order valence-electron chi connectivity index (χ0n) is 37.0. The summed E-state index contributed by atoms with van der Waals surface area (Å²) < 4.78 is 1.42. The minimum atomic E-state index is 0.302. The van der Waals surface area contributed by atoms with Gasteiger partial charge in [-0.3, -0.25) is 6.08 Å². The van der Waals surface area contributed by atoms with Crippen molar-refractivity contribution in [3.8, 4) is 33.4 Å². The van der Waals surface area contributed by atoms with E-state index in [-0.39, 0.29) is 0 Å². The molecule has 6 aromatic rings. The van der Waals surface area contributed by atoms with E-state index in [0.29, 0.717) is 11.3 Å². The van der Waals surface area contributed by atoms with Gasteiger partial charge < -0.3 is 0 Å². The first kappa shape index (κ1) is 43.1. The first-order valence-corrected chi connectivity index (χ1v) is 22.1. The van der Waals surface area contributed by atoms with Gasteiger partial charge in [0, 0.05) is 0 Å². The standard InChI is InChI=1S/C31H29.C15H14.C11H17.Zr/c1-18-11-20(3)30(21(4)12-18)24-7-9-28-26(15-24)17-27-16-25(8-10-29(27)28)31-22(5)13-19(2)14-23(31)6;1-12-3-7-14(8-4-12)11-15-9-5-13(2)6-10-15;1-5-9-6-7-10(8-9)11(2,3)4;/h7-15H,17H2,1-6H3;3-10H,1-2H3;7-9H,5H2,1-4H3;/q-1;;-1;+2. The van der Waals surface area contributed by atoms with Gasteiger partial charge in [-0.25, -0.2) is 6.08 Å². The van der Waals surface area contributed by atoms with Crippen LogP contribution in [0.2, 0.25) is 0 Å². The van der Waals surface area contributed by atoms with Crippen molar-refractivity contribution in [2.45, 2.75) is 95.9 Å². The van der Waals surface area contributed by atoms with Gasteiger partial charge in [0.1, 0.15) is 0 Å². The van der Waals surface area contributed by atoms with Crippen molar-refractivity contribution in [1.82, 2.24) is 0 Å². The molecule has 0 aliphatic heterocycles. The van der Waals surface area contributed by atoms with Gasteiger partial charge in [0.05, 0.1) is 0 Å². The van der Waals surface area contributed by atoms with Gasteiger partial charge in [-0.15, -0.1) is 29.3 Å². The Hall–Kier alpha value is -4.45. The van der Waals surface area contributed by atoms with Crippen LogP contribution in [0.15, 0.2) is 121 Å². The Labute approximate surface area is 365 Å². The van der Waals surface area contributed by atoms with E-state index in [9.17, 15) is 0 Å². The van der Waals surface area contributed by atoms with E-state index in [1.165, 1.54) is 140 Å². The number of rotatable bonds is 5. The van der Waals surface area contributed by atoms with Crippen LogP contribution >= 0.6 is 0 Å². The molecule has 0 saturated carbocycles. The van der Waals surface area contributed by atoms with Gasteiger partial charge in [0.2, 0.25) is 0 Å². The third-order valence-electron chi connectivity index (χ3n) is 11.5. The second kappa shape index (κ2) is 18.2. The van der Waals surface area contributed by atoms with Crippen LogP contribution in [0.25, 0.3) is 33.4 Å². The van der Waals surface area contributed by atoms with Crippen LogP contribution in [0.1, 0.15) is 101 Å². The molecule has 2 aliphatic rings. The third-order valence-corrected chi connectivity index (χ3v) is 12.9. The van der Waals surface area contributed by atoms with Crippen molar-refractivity contribution < 1.29 is 24.2 Å². The average Bonchev–Trinajstić information content (AvgIpc) is 3.80. The number of aryl methyl sites for hydroxylation is 8. The molecule has 292 valence electrons. The molecule has 0 nitrogen and oxygen atoms in total. The van der Waals surface area contributed by atoms with Gasteiger partial charge in [0.25, 0.3) is 0 Å². The number of hydrogen-bond donors (Lipinski definition) is 0. The van der Waals surface area contributed by atoms with Crippen LogP contribution in [0.4, 0.5) is 0 Å². The molecule has 2 aliphatic carbocycles. The van der Waals surface area contributed by atoms with E-state index >= 15 is 0 Å². The van der Waals surface area contributed by atoms with E-state index in [1.807, 2.05) is 0 Å². The molecule has 0 heterocycles. The summed E-state index contributed by atoms with van der Waals surface area (Å²) in [6, 6.07) is 42.0. The molecule has 0 spiro atoms. The Morgan fingerprint density at radius 2 is 1.10 bits per heavy atom. The summed E-state index contributed by atoms with van der Waals surface area (Å²) in [4.78, 5) is 0. The molecule has 8 rings (SSSR count). The van der Waals surface area contributed by atoms with Crippen LogP contribution in [0.3, 0.4) is 0 Å². The van der Waals surface area contributed by atoms with Crippen molar-refractivity contribution in [3.05, 3.63) is 200 Å². The molecule has 1 unspecified atom stereocenters. The molecular formula is C57H60Zr. The molecule has 0 aromatic heterocycles. The Morgan fingerprint density at radius 1 is 0.603 bits per heavy atom. The maximum atomic E-state index is 3.78. The molecular weight excluding hydrogens is 776 g/mol.